The van der Waals surface area contributed by atoms with Crippen LogP contribution in [-0.2, 0) is 30.7 Å². The van der Waals surface area contributed by atoms with Crippen molar-refractivity contribution in [2.45, 2.75) is 17.7 Å². The Morgan fingerprint density at radius 2 is 1.67 bits per heavy atom. The standard InChI is InChI=1S/C21H24N2O6S/c1-28-21(25)17-5-7-18(8-6-17)22-20(24)11-4-16-2-9-19(10-3-16)30(26,27)23-12-14-29-15-13-23/h2-3,5-10H,4,11-15H2,1H3,(H,22,24). The number of methoxy groups -OCH3 is 1. The molecule has 1 saturated heterocycles. The maximum Gasteiger partial charge on any atom is 0.337 e. The Balaban J connectivity index is 1.53. The predicted molar refractivity (Wildman–Crippen MR) is 111 cm³/mol. The number of aryl methyl sites for hydroxylation is 1. The van der Waals surface area contributed by atoms with Crippen molar-refractivity contribution >= 4 is 27.6 Å². The van der Waals surface area contributed by atoms with Gasteiger partial charge in [-0.25, -0.2) is 13.2 Å². The number of ether oxygens (including phenoxy) is 2. The number of hydrogen-bond acceptors (Lipinski definition) is 6. The van der Waals surface area contributed by atoms with Gasteiger partial charge in [0.25, 0.3) is 0 Å². The van der Waals surface area contributed by atoms with E-state index in [0.717, 1.165) is 5.56 Å². The largest absolute Gasteiger partial charge is 0.465 e. The number of nitrogens with one attached hydrogen (secondary N) is 1. The Kier molecular flexibility index (Phi) is 7.20. The van der Waals surface area contributed by atoms with Gasteiger partial charge in [-0.3, -0.25) is 4.79 Å². The first-order valence-corrected chi connectivity index (χ1v) is 11.0. The lowest BCUT2D eigenvalue weighted by Gasteiger charge is -2.26. The molecule has 1 N–H and O–H groups in total. The number of esters is 1. The first kappa shape index (κ1) is 21.9. The SMILES string of the molecule is COC(=O)c1ccc(NC(=O)CCc2ccc(S(=O)(=O)N3CCOCC3)cc2)cc1. The molecule has 30 heavy (non-hydrogen) atoms. The average molecular weight is 432 g/mol. The Bertz CT molecular complexity index is 981. The lowest BCUT2D eigenvalue weighted by Crippen LogP contribution is -2.40. The molecule has 160 valence electrons. The van der Waals surface area contributed by atoms with Crippen LogP contribution in [0.3, 0.4) is 0 Å². The van der Waals surface area contributed by atoms with E-state index in [0.29, 0.717) is 44.0 Å². The van der Waals surface area contributed by atoms with Crippen molar-refractivity contribution in [2.75, 3.05) is 38.7 Å². The molecule has 0 atom stereocenters. The molecule has 0 aromatic heterocycles. The second-order valence-corrected chi connectivity index (χ2v) is 8.72. The van der Waals surface area contributed by atoms with Crippen molar-refractivity contribution < 1.29 is 27.5 Å². The van der Waals surface area contributed by atoms with Crippen molar-refractivity contribution in [3.05, 3.63) is 59.7 Å². The van der Waals surface area contributed by atoms with Crippen LogP contribution < -0.4 is 5.32 Å². The van der Waals surface area contributed by atoms with Crippen molar-refractivity contribution in [1.29, 1.82) is 0 Å². The summed E-state index contributed by atoms with van der Waals surface area (Å²) in [5.74, 6) is -0.613. The molecule has 1 aliphatic heterocycles. The number of carbonyl (C=O) groups is 2. The number of amides is 1. The molecule has 2 aromatic rings. The number of carbonyl (C=O) groups excluding carboxylic acids is 2. The van der Waals surface area contributed by atoms with Crippen LogP contribution in [0.4, 0.5) is 5.69 Å². The average Bonchev–Trinajstić information content (AvgIpc) is 2.78. The lowest BCUT2D eigenvalue weighted by molar-refractivity contribution is -0.116. The van der Waals surface area contributed by atoms with Crippen LogP contribution in [0.5, 0.6) is 0 Å². The Morgan fingerprint density at radius 1 is 1.03 bits per heavy atom. The van der Waals surface area contributed by atoms with Crippen molar-refractivity contribution in [3.8, 4) is 0 Å². The molecule has 9 heteroatoms. The monoisotopic (exact) mass is 432 g/mol. The molecule has 1 fully saturated rings. The highest BCUT2D eigenvalue weighted by Crippen LogP contribution is 2.18. The van der Waals surface area contributed by atoms with E-state index in [1.54, 1.807) is 48.5 Å². The van der Waals surface area contributed by atoms with Gasteiger partial charge in [-0.05, 0) is 48.4 Å². The van der Waals surface area contributed by atoms with Gasteiger partial charge in [0.05, 0.1) is 30.8 Å². The molecule has 1 aliphatic rings. The highest BCUT2D eigenvalue weighted by atomic mass is 32.2. The summed E-state index contributed by atoms with van der Waals surface area (Å²) >= 11 is 0. The fourth-order valence-electron chi connectivity index (χ4n) is 3.05. The summed E-state index contributed by atoms with van der Waals surface area (Å²) in [6.07, 6.45) is 0.721. The van der Waals surface area contributed by atoms with E-state index in [2.05, 4.69) is 10.1 Å². The summed E-state index contributed by atoms with van der Waals surface area (Å²) < 4.78 is 36.5. The number of sulfonamides is 1. The van der Waals surface area contributed by atoms with Crippen LogP contribution in [0, 0.1) is 0 Å². The number of nitrogens with zero attached hydrogens (tertiary/aromatic N) is 1. The van der Waals surface area contributed by atoms with E-state index in [1.165, 1.54) is 11.4 Å². The van der Waals surface area contributed by atoms with Crippen LogP contribution in [0.1, 0.15) is 22.3 Å². The molecule has 0 unspecified atom stereocenters. The van der Waals surface area contributed by atoms with Gasteiger partial charge < -0.3 is 14.8 Å². The molecule has 0 spiro atoms. The fourth-order valence-corrected chi connectivity index (χ4v) is 4.46. The Labute approximate surface area is 175 Å². The van der Waals surface area contributed by atoms with Crippen LogP contribution >= 0.6 is 0 Å². The molecule has 1 amide bonds. The van der Waals surface area contributed by atoms with Gasteiger partial charge in [-0.15, -0.1) is 0 Å². The van der Waals surface area contributed by atoms with Gasteiger partial charge in [-0.2, -0.15) is 4.31 Å². The van der Waals surface area contributed by atoms with Crippen molar-refractivity contribution in [1.82, 2.24) is 4.31 Å². The van der Waals surface area contributed by atoms with Crippen molar-refractivity contribution in [3.63, 3.8) is 0 Å². The number of benzene rings is 2. The molecular formula is C21H24N2O6S. The summed E-state index contributed by atoms with van der Waals surface area (Å²) in [5, 5.41) is 2.77. The minimum absolute atomic E-state index is 0.175. The first-order chi connectivity index (χ1) is 14.4. The zero-order valence-electron chi connectivity index (χ0n) is 16.7. The molecule has 2 aromatic carbocycles. The molecule has 0 radical (unpaired) electrons. The maximum atomic E-state index is 12.6. The highest BCUT2D eigenvalue weighted by Gasteiger charge is 2.26. The summed E-state index contributed by atoms with van der Waals surface area (Å²) in [7, 11) is -2.21. The quantitative estimate of drug-likeness (QED) is 0.672. The zero-order valence-corrected chi connectivity index (χ0v) is 17.5. The highest BCUT2D eigenvalue weighted by molar-refractivity contribution is 7.89. The van der Waals surface area contributed by atoms with E-state index in [9.17, 15) is 18.0 Å². The van der Waals surface area contributed by atoms with Gasteiger partial charge in [0.2, 0.25) is 15.9 Å². The topological polar surface area (TPSA) is 102 Å². The number of morpholine rings is 1. The molecule has 0 aliphatic carbocycles. The van der Waals surface area contributed by atoms with Crippen molar-refractivity contribution in [2.24, 2.45) is 0 Å². The summed E-state index contributed by atoms with van der Waals surface area (Å²) in [5.41, 5.74) is 1.86. The molecule has 0 saturated carbocycles. The molecular weight excluding hydrogens is 408 g/mol. The minimum atomic E-state index is -3.52. The van der Waals surface area contributed by atoms with Gasteiger partial charge in [0.1, 0.15) is 0 Å². The second-order valence-electron chi connectivity index (χ2n) is 6.78. The van der Waals surface area contributed by atoms with E-state index < -0.39 is 16.0 Å². The molecule has 0 bridgehead atoms. The van der Waals surface area contributed by atoms with Gasteiger partial charge >= 0.3 is 5.97 Å². The number of hydrogen-bond donors (Lipinski definition) is 1. The Morgan fingerprint density at radius 3 is 2.27 bits per heavy atom. The van der Waals surface area contributed by atoms with E-state index in [1.807, 2.05) is 0 Å². The van der Waals surface area contributed by atoms with Crippen LogP contribution in [-0.4, -0.2) is 58.0 Å². The van der Waals surface area contributed by atoms with E-state index in [4.69, 9.17) is 4.74 Å². The lowest BCUT2D eigenvalue weighted by atomic mass is 10.1. The van der Waals surface area contributed by atoms with Crippen LogP contribution in [0.2, 0.25) is 0 Å². The van der Waals surface area contributed by atoms with Gasteiger partial charge in [0.15, 0.2) is 0 Å². The second kappa shape index (κ2) is 9.84. The van der Waals surface area contributed by atoms with Gasteiger partial charge in [0, 0.05) is 25.2 Å². The molecule has 1 heterocycles. The van der Waals surface area contributed by atoms with Gasteiger partial charge in [-0.1, -0.05) is 12.1 Å². The minimum Gasteiger partial charge on any atom is -0.465 e. The normalized spacial score (nSPS) is 14.8. The van der Waals surface area contributed by atoms with Crippen LogP contribution in [0.25, 0.3) is 0 Å². The predicted octanol–water partition coefficient (Wildman–Crippen LogP) is 2.07. The molecule has 3 rings (SSSR count). The Hall–Kier alpha value is -2.75. The number of rotatable bonds is 7. The maximum absolute atomic E-state index is 12.6. The summed E-state index contributed by atoms with van der Waals surface area (Å²) in [4.78, 5) is 23.8. The number of anilines is 1. The van der Waals surface area contributed by atoms with Crippen LogP contribution in [0.15, 0.2) is 53.4 Å². The third-order valence-corrected chi connectivity index (χ3v) is 6.67. The third kappa shape index (κ3) is 5.44. The smallest absolute Gasteiger partial charge is 0.337 e. The van der Waals surface area contributed by atoms with E-state index in [-0.39, 0.29) is 17.2 Å². The third-order valence-electron chi connectivity index (χ3n) is 4.76. The summed E-state index contributed by atoms with van der Waals surface area (Å²) in [6.45, 7) is 1.51. The first-order valence-electron chi connectivity index (χ1n) is 9.55. The fraction of sp³-hybridized carbons (Fsp3) is 0.333. The summed E-state index contributed by atoms with van der Waals surface area (Å²) in [6, 6.07) is 13.0. The zero-order chi connectivity index (χ0) is 21.6. The van der Waals surface area contributed by atoms with E-state index >= 15 is 0 Å². The molecule has 8 nitrogen and oxygen atoms in total.